The molecule has 0 atom stereocenters. The van der Waals surface area contributed by atoms with Gasteiger partial charge in [0.15, 0.2) is 0 Å². The van der Waals surface area contributed by atoms with Gasteiger partial charge in [-0.2, -0.15) is 0 Å². The Bertz CT molecular complexity index is 324. The fourth-order valence-corrected chi connectivity index (χ4v) is 2.02. The number of rotatable bonds is 3. The Balaban J connectivity index is 1.89. The van der Waals surface area contributed by atoms with Crippen molar-refractivity contribution < 1.29 is 9.84 Å². The topological polar surface area (TPSA) is 32.7 Å². The summed E-state index contributed by atoms with van der Waals surface area (Å²) >= 11 is 0. The number of ether oxygens (including phenoxy) is 1. The lowest BCUT2D eigenvalue weighted by Gasteiger charge is -2.44. The molecule has 1 aliphatic heterocycles. The molecule has 0 saturated carbocycles. The number of hydrogen-bond acceptors (Lipinski definition) is 3. The van der Waals surface area contributed by atoms with Crippen LogP contribution in [0, 0.1) is 0 Å². The van der Waals surface area contributed by atoms with Gasteiger partial charge in [0.1, 0.15) is 5.75 Å². The van der Waals surface area contributed by atoms with E-state index < -0.39 is 5.60 Å². The maximum Gasteiger partial charge on any atom is 0.118 e. The molecule has 0 bridgehead atoms. The van der Waals surface area contributed by atoms with Crippen LogP contribution in [0.3, 0.4) is 0 Å². The van der Waals surface area contributed by atoms with Gasteiger partial charge in [-0.1, -0.05) is 12.1 Å². The minimum absolute atomic E-state index is 0.480. The predicted octanol–water partition coefficient (Wildman–Crippen LogP) is 1.26. The number of likely N-dealkylation sites (tertiary alicyclic amines) is 1. The Kier molecular flexibility index (Phi) is 2.67. The second-order valence-electron chi connectivity index (χ2n) is 4.49. The fraction of sp³-hybridized carbons (Fsp3) is 0.500. The van der Waals surface area contributed by atoms with Crippen LogP contribution < -0.4 is 4.74 Å². The first-order valence-electron chi connectivity index (χ1n) is 5.17. The Morgan fingerprint density at radius 3 is 2.40 bits per heavy atom. The summed E-state index contributed by atoms with van der Waals surface area (Å²) in [5, 5.41) is 9.58. The van der Waals surface area contributed by atoms with E-state index in [4.69, 9.17) is 4.74 Å². The molecule has 0 aliphatic carbocycles. The molecule has 1 heterocycles. The summed E-state index contributed by atoms with van der Waals surface area (Å²) in [7, 11) is 1.67. The Hall–Kier alpha value is -1.06. The maximum atomic E-state index is 9.58. The van der Waals surface area contributed by atoms with Crippen LogP contribution in [0.1, 0.15) is 12.5 Å². The minimum Gasteiger partial charge on any atom is -0.497 e. The number of nitrogens with zero attached hydrogens (tertiary/aromatic N) is 1. The first-order valence-corrected chi connectivity index (χ1v) is 5.17. The summed E-state index contributed by atoms with van der Waals surface area (Å²) < 4.78 is 5.09. The zero-order chi connectivity index (χ0) is 10.9. The Morgan fingerprint density at radius 2 is 1.93 bits per heavy atom. The number of benzene rings is 1. The summed E-state index contributed by atoms with van der Waals surface area (Å²) in [5.41, 5.74) is 0.776. The lowest BCUT2D eigenvalue weighted by Crippen LogP contribution is -2.59. The average Bonchev–Trinajstić information content (AvgIpc) is 2.16. The molecule has 15 heavy (non-hydrogen) atoms. The van der Waals surface area contributed by atoms with E-state index in [2.05, 4.69) is 17.0 Å². The smallest absolute Gasteiger partial charge is 0.118 e. The van der Waals surface area contributed by atoms with E-state index in [0.29, 0.717) is 0 Å². The van der Waals surface area contributed by atoms with E-state index in [1.54, 1.807) is 7.11 Å². The molecule has 3 heteroatoms. The molecule has 82 valence electrons. The standard InChI is InChI=1S/C12H17NO2/c1-12(14)8-13(9-12)7-10-3-5-11(15-2)6-4-10/h3-6,14H,7-9H2,1-2H3. The molecular formula is C12H17NO2. The van der Waals surface area contributed by atoms with Gasteiger partial charge in [-0.15, -0.1) is 0 Å². The third kappa shape index (κ3) is 2.49. The van der Waals surface area contributed by atoms with Crippen molar-refractivity contribution in [2.24, 2.45) is 0 Å². The first kappa shape index (κ1) is 10.5. The van der Waals surface area contributed by atoms with Crippen LogP contribution in [0.25, 0.3) is 0 Å². The van der Waals surface area contributed by atoms with Gasteiger partial charge < -0.3 is 9.84 Å². The van der Waals surface area contributed by atoms with Crippen molar-refractivity contribution in [2.45, 2.75) is 19.1 Å². The number of methoxy groups -OCH3 is 1. The molecule has 2 rings (SSSR count). The van der Waals surface area contributed by atoms with Crippen LogP contribution in [0.4, 0.5) is 0 Å². The summed E-state index contributed by atoms with van der Waals surface area (Å²) in [6, 6.07) is 8.05. The van der Waals surface area contributed by atoms with E-state index in [1.807, 2.05) is 19.1 Å². The van der Waals surface area contributed by atoms with Crippen molar-refractivity contribution in [3.05, 3.63) is 29.8 Å². The molecule has 0 aromatic heterocycles. The highest BCUT2D eigenvalue weighted by molar-refractivity contribution is 5.27. The number of aliphatic hydroxyl groups is 1. The lowest BCUT2D eigenvalue weighted by molar-refractivity contribution is -0.0871. The Morgan fingerprint density at radius 1 is 1.33 bits per heavy atom. The predicted molar refractivity (Wildman–Crippen MR) is 58.9 cm³/mol. The minimum atomic E-state index is -0.480. The van der Waals surface area contributed by atoms with Crippen LogP contribution in [-0.4, -0.2) is 35.8 Å². The quantitative estimate of drug-likeness (QED) is 0.810. The number of β-amino-alcohol motifs (C(OH)–C–C–N with tert-alkyl or cyclic N) is 1. The summed E-state index contributed by atoms with van der Waals surface area (Å²) in [6.07, 6.45) is 0. The molecule has 1 saturated heterocycles. The fourth-order valence-electron chi connectivity index (χ4n) is 2.02. The molecule has 0 unspecified atom stereocenters. The third-order valence-corrected chi connectivity index (χ3v) is 2.69. The highest BCUT2D eigenvalue weighted by Crippen LogP contribution is 2.22. The largest absolute Gasteiger partial charge is 0.497 e. The van der Waals surface area contributed by atoms with Crippen LogP contribution in [0.2, 0.25) is 0 Å². The van der Waals surface area contributed by atoms with E-state index >= 15 is 0 Å². The molecule has 1 aliphatic rings. The molecule has 1 fully saturated rings. The van der Waals surface area contributed by atoms with Crippen molar-refractivity contribution in [1.29, 1.82) is 0 Å². The number of hydrogen-bond donors (Lipinski definition) is 1. The summed E-state index contributed by atoms with van der Waals surface area (Å²) in [6.45, 7) is 4.30. The van der Waals surface area contributed by atoms with Crippen molar-refractivity contribution in [2.75, 3.05) is 20.2 Å². The van der Waals surface area contributed by atoms with Gasteiger partial charge in [0, 0.05) is 19.6 Å². The molecule has 1 aromatic carbocycles. The SMILES string of the molecule is COc1ccc(CN2CC(C)(O)C2)cc1. The van der Waals surface area contributed by atoms with E-state index in [9.17, 15) is 5.11 Å². The summed E-state index contributed by atoms with van der Waals surface area (Å²) in [4.78, 5) is 2.22. The van der Waals surface area contributed by atoms with Gasteiger partial charge in [-0.25, -0.2) is 0 Å². The van der Waals surface area contributed by atoms with Crippen LogP contribution in [0.15, 0.2) is 24.3 Å². The highest BCUT2D eigenvalue weighted by Gasteiger charge is 2.35. The van der Waals surface area contributed by atoms with Crippen molar-refractivity contribution >= 4 is 0 Å². The monoisotopic (exact) mass is 207 g/mol. The zero-order valence-electron chi connectivity index (χ0n) is 9.23. The zero-order valence-corrected chi connectivity index (χ0v) is 9.23. The van der Waals surface area contributed by atoms with Gasteiger partial charge in [0.05, 0.1) is 12.7 Å². The summed E-state index contributed by atoms with van der Waals surface area (Å²) in [5.74, 6) is 0.884. The van der Waals surface area contributed by atoms with Gasteiger partial charge >= 0.3 is 0 Å². The van der Waals surface area contributed by atoms with Gasteiger partial charge in [0.25, 0.3) is 0 Å². The van der Waals surface area contributed by atoms with E-state index in [1.165, 1.54) is 5.56 Å². The van der Waals surface area contributed by atoms with Crippen LogP contribution in [-0.2, 0) is 6.54 Å². The molecule has 0 amide bonds. The second-order valence-corrected chi connectivity index (χ2v) is 4.49. The molecule has 1 aromatic rings. The van der Waals surface area contributed by atoms with Crippen molar-refractivity contribution in [3.63, 3.8) is 0 Å². The molecular weight excluding hydrogens is 190 g/mol. The molecule has 0 radical (unpaired) electrons. The lowest BCUT2D eigenvalue weighted by atomic mass is 9.96. The normalized spacial score (nSPS) is 19.7. The van der Waals surface area contributed by atoms with Gasteiger partial charge in [-0.3, -0.25) is 4.90 Å². The van der Waals surface area contributed by atoms with Gasteiger partial charge in [-0.05, 0) is 24.6 Å². The van der Waals surface area contributed by atoms with Gasteiger partial charge in [0.2, 0.25) is 0 Å². The Labute approximate surface area is 90.3 Å². The first-order chi connectivity index (χ1) is 7.09. The molecule has 3 nitrogen and oxygen atoms in total. The van der Waals surface area contributed by atoms with Crippen LogP contribution in [0.5, 0.6) is 5.75 Å². The second kappa shape index (κ2) is 3.83. The van der Waals surface area contributed by atoms with Crippen LogP contribution >= 0.6 is 0 Å². The third-order valence-electron chi connectivity index (χ3n) is 2.69. The maximum absolute atomic E-state index is 9.58. The van der Waals surface area contributed by atoms with E-state index in [0.717, 1.165) is 25.4 Å². The molecule has 1 N–H and O–H groups in total. The highest BCUT2D eigenvalue weighted by atomic mass is 16.5. The van der Waals surface area contributed by atoms with Crippen molar-refractivity contribution in [1.82, 2.24) is 4.90 Å². The van der Waals surface area contributed by atoms with E-state index in [-0.39, 0.29) is 0 Å². The average molecular weight is 207 g/mol. The molecule has 0 spiro atoms. The van der Waals surface area contributed by atoms with Crippen molar-refractivity contribution in [3.8, 4) is 5.75 Å².